The quantitative estimate of drug-likeness (QED) is 0.378. The molecule has 1 saturated carbocycles. The molecule has 1 rings (SSSR count). The number of aliphatic hydroxyl groups excluding tert-OH is 2. The Morgan fingerprint density at radius 1 is 1.11 bits per heavy atom. The van der Waals surface area contributed by atoms with Gasteiger partial charge < -0.3 is 11.6 Å². The largest absolute Gasteiger partial charge is 1.00 e. The van der Waals surface area contributed by atoms with Gasteiger partial charge in [0.05, 0.1) is 12.2 Å². The molecule has 0 amide bonds. The van der Waals surface area contributed by atoms with Crippen LogP contribution < -0.4 is 51.4 Å². The molecule has 2 nitrogen and oxygen atoms in total. The Kier molecular flexibility index (Phi) is 6.14. The molecule has 50 valence electrons. The average Bonchev–Trinajstić information content (AvgIpc) is 1.64. The summed E-state index contributed by atoms with van der Waals surface area (Å²) in [5.41, 5.74) is 0. The van der Waals surface area contributed by atoms with Crippen molar-refractivity contribution in [2.75, 3.05) is 0 Å². The smallest absolute Gasteiger partial charge is 1.00 e. The van der Waals surface area contributed by atoms with Gasteiger partial charge in [0, 0.05) is 0 Å². The standard InChI is InChI=1S/C6H12O2.K.H/c7-5-2-1-3-6(8)4-5;;/h5-8H,1-4H2;;/q;+1;-1. The van der Waals surface area contributed by atoms with Crippen molar-refractivity contribution in [2.24, 2.45) is 0 Å². The molecule has 0 aromatic carbocycles. The minimum Gasteiger partial charge on any atom is -1.00 e. The second kappa shape index (κ2) is 5.24. The van der Waals surface area contributed by atoms with Crippen LogP contribution in [0.2, 0.25) is 0 Å². The zero-order valence-corrected chi connectivity index (χ0v) is 9.00. The molecule has 1 aliphatic rings. The molecular weight excluding hydrogens is 143 g/mol. The Bertz CT molecular complexity index is 74.1. The van der Waals surface area contributed by atoms with Crippen molar-refractivity contribution in [2.45, 2.75) is 37.9 Å². The van der Waals surface area contributed by atoms with E-state index in [4.69, 9.17) is 10.2 Å². The fourth-order valence-corrected chi connectivity index (χ4v) is 1.14. The van der Waals surface area contributed by atoms with Crippen LogP contribution in [0.25, 0.3) is 0 Å². The van der Waals surface area contributed by atoms with Gasteiger partial charge in [0.1, 0.15) is 0 Å². The summed E-state index contributed by atoms with van der Waals surface area (Å²) in [6.45, 7) is 0. The van der Waals surface area contributed by atoms with Gasteiger partial charge in [0.2, 0.25) is 0 Å². The molecule has 0 saturated heterocycles. The van der Waals surface area contributed by atoms with E-state index in [1.165, 1.54) is 0 Å². The molecule has 0 aromatic rings. The first-order chi connectivity index (χ1) is 3.79. The van der Waals surface area contributed by atoms with Crippen molar-refractivity contribution in [1.29, 1.82) is 0 Å². The van der Waals surface area contributed by atoms with Crippen molar-refractivity contribution in [3.63, 3.8) is 0 Å². The predicted octanol–water partition coefficient (Wildman–Crippen LogP) is -2.60. The molecule has 1 fully saturated rings. The van der Waals surface area contributed by atoms with E-state index in [9.17, 15) is 0 Å². The third-order valence-electron chi connectivity index (χ3n) is 1.62. The summed E-state index contributed by atoms with van der Waals surface area (Å²) in [7, 11) is 0. The van der Waals surface area contributed by atoms with E-state index in [1.807, 2.05) is 0 Å². The molecule has 0 heterocycles. The van der Waals surface area contributed by atoms with Crippen LogP contribution in [0.1, 0.15) is 27.1 Å². The number of aliphatic hydroxyl groups is 2. The van der Waals surface area contributed by atoms with Crippen molar-refractivity contribution in [3.05, 3.63) is 0 Å². The van der Waals surface area contributed by atoms with E-state index in [0.29, 0.717) is 6.42 Å². The molecule has 0 aliphatic heterocycles. The van der Waals surface area contributed by atoms with E-state index < -0.39 is 0 Å². The zero-order chi connectivity index (χ0) is 5.98. The first-order valence-corrected chi connectivity index (χ1v) is 3.15. The van der Waals surface area contributed by atoms with Crippen molar-refractivity contribution in [3.8, 4) is 0 Å². The summed E-state index contributed by atoms with van der Waals surface area (Å²) in [6.07, 6.45) is 2.83. The van der Waals surface area contributed by atoms with Crippen molar-refractivity contribution in [1.82, 2.24) is 0 Å². The number of rotatable bonds is 0. The fourth-order valence-electron chi connectivity index (χ4n) is 1.14. The van der Waals surface area contributed by atoms with Crippen molar-refractivity contribution >= 4 is 0 Å². The summed E-state index contributed by atoms with van der Waals surface area (Å²) >= 11 is 0. The maximum atomic E-state index is 8.92. The molecule has 0 bridgehead atoms. The number of hydrogen-bond donors (Lipinski definition) is 2. The molecule has 9 heavy (non-hydrogen) atoms. The minimum absolute atomic E-state index is 0. The van der Waals surface area contributed by atoms with Crippen molar-refractivity contribution < 1.29 is 63.0 Å². The van der Waals surface area contributed by atoms with Crippen LogP contribution in [0.5, 0.6) is 0 Å². The molecular formula is C6H13KO2. The summed E-state index contributed by atoms with van der Waals surface area (Å²) < 4.78 is 0. The Hall–Kier alpha value is 1.56. The molecule has 2 atom stereocenters. The third kappa shape index (κ3) is 4.09. The van der Waals surface area contributed by atoms with Gasteiger partial charge in [-0.15, -0.1) is 0 Å². The normalized spacial score (nSPS) is 35.3. The third-order valence-corrected chi connectivity index (χ3v) is 1.62. The van der Waals surface area contributed by atoms with E-state index in [0.717, 1.165) is 19.3 Å². The average molecular weight is 156 g/mol. The SMILES string of the molecule is OC1CCCC(O)C1.[H-].[K+]. The second-order valence-corrected chi connectivity index (χ2v) is 2.47. The summed E-state index contributed by atoms with van der Waals surface area (Å²) in [6, 6.07) is 0. The first-order valence-electron chi connectivity index (χ1n) is 3.15. The number of hydrogen-bond acceptors (Lipinski definition) is 2. The van der Waals surface area contributed by atoms with Gasteiger partial charge in [0.25, 0.3) is 0 Å². The van der Waals surface area contributed by atoms with Crippen LogP contribution in [0, 0.1) is 0 Å². The maximum Gasteiger partial charge on any atom is 1.00 e. The monoisotopic (exact) mass is 156 g/mol. The Balaban J connectivity index is 0. The van der Waals surface area contributed by atoms with Gasteiger partial charge in [0.15, 0.2) is 0 Å². The van der Waals surface area contributed by atoms with Crippen LogP contribution in [-0.2, 0) is 0 Å². The molecule has 0 aromatic heterocycles. The molecule has 0 spiro atoms. The predicted molar refractivity (Wildman–Crippen MR) is 31.6 cm³/mol. The van der Waals surface area contributed by atoms with Gasteiger partial charge in [-0.05, 0) is 25.7 Å². The molecule has 2 N–H and O–H groups in total. The Morgan fingerprint density at radius 2 is 1.56 bits per heavy atom. The maximum absolute atomic E-state index is 8.92. The van der Waals surface area contributed by atoms with E-state index in [2.05, 4.69) is 0 Å². The molecule has 3 heteroatoms. The van der Waals surface area contributed by atoms with E-state index in [1.54, 1.807) is 0 Å². The summed E-state index contributed by atoms with van der Waals surface area (Å²) in [5, 5.41) is 17.8. The topological polar surface area (TPSA) is 40.5 Å². The molecule has 0 radical (unpaired) electrons. The van der Waals surface area contributed by atoms with Crippen LogP contribution in [-0.4, -0.2) is 22.4 Å². The molecule has 2 unspecified atom stereocenters. The van der Waals surface area contributed by atoms with Gasteiger partial charge in [-0.25, -0.2) is 0 Å². The second-order valence-electron chi connectivity index (χ2n) is 2.47. The van der Waals surface area contributed by atoms with Gasteiger partial charge in [-0.2, -0.15) is 0 Å². The zero-order valence-electron chi connectivity index (χ0n) is 6.88. The van der Waals surface area contributed by atoms with Crippen LogP contribution in [0.3, 0.4) is 0 Å². The Morgan fingerprint density at radius 3 is 1.78 bits per heavy atom. The van der Waals surface area contributed by atoms with E-state index >= 15 is 0 Å². The van der Waals surface area contributed by atoms with Gasteiger partial charge >= 0.3 is 51.4 Å². The van der Waals surface area contributed by atoms with Gasteiger partial charge in [-0.3, -0.25) is 0 Å². The van der Waals surface area contributed by atoms with Crippen LogP contribution in [0.15, 0.2) is 0 Å². The Labute approximate surface area is 99.6 Å². The first kappa shape index (κ1) is 10.6. The van der Waals surface area contributed by atoms with E-state index in [-0.39, 0.29) is 65.0 Å². The van der Waals surface area contributed by atoms with Gasteiger partial charge in [-0.1, -0.05) is 0 Å². The van der Waals surface area contributed by atoms with Crippen LogP contribution in [0.4, 0.5) is 0 Å². The summed E-state index contributed by atoms with van der Waals surface area (Å²) in [5.74, 6) is 0. The minimum atomic E-state index is -0.237. The summed E-state index contributed by atoms with van der Waals surface area (Å²) in [4.78, 5) is 0. The molecule has 1 aliphatic carbocycles. The fraction of sp³-hybridized carbons (Fsp3) is 1.00. The van der Waals surface area contributed by atoms with Crippen LogP contribution >= 0.6 is 0 Å².